The number of anilines is 3. The predicted molar refractivity (Wildman–Crippen MR) is 95.3 cm³/mol. The van der Waals surface area contributed by atoms with Gasteiger partial charge in [-0.15, -0.1) is 0 Å². The molecule has 1 aliphatic heterocycles. The highest BCUT2D eigenvalue weighted by molar-refractivity contribution is 5.94. The molecule has 2 amide bonds. The Morgan fingerprint density at radius 1 is 0.880 bits per heavy atom. The molecule has 0 aliphatic carbocycles. The summed E-state index contributed by atoms with van der Waals surface area (Å²) in [4.78, 5) is 23.0. The van der Waals surface area contributed by atoms with Crippen LogP contribution < -0.4 is 25.4 Å². The minimum absolute atomic E-state index is 0.119. The van der Waals surface area contributed by atoms with Gasteiger partial charge in [0.05, 0.1) is 6.54 Å². The highest BCUT2D eigenvalue weighted by Gasteiger charge is 2.12. The van der Waals surface area contributed by atoms with Crippen molar-refractivity contribution in [2.24, 2.45) is 0 Å². The molecular formula is C18H19N3O4. The van der Waals surface area contributed by atoms with Crippen LogP contribution in [0.1, 0.15) is 6.92 Å². The van der Waals surface area contributed by atoms with Gasteiger partial charge in [-0.25, -0.2) is 0 Å². The number of carbonyl (C=O) groups is 2. The van der Waals surface area contributed by atoms with E-state index in [4.69, 9.17) is 9.47 Å². The van der Waals surface area contributed by atoms with Crippen molar-refractivity contribution in [1.82, 2.24) is 0 Å². The number of rotatable bonds is 5. The third-order valence-corrected chi connectivity index (χ3v) is 3.48. The van der Waals surface area contributed by atoms with Crippen LogP contribution >= 0.6 is 0 Å². The maximum Gasteiger partial charge on any atom is 0.243 e. The molecule has 130 valence electrons. The number of ether oxygens (including phenoxy) is 2. The fraction of sp³-hybridized carbons (Fsp3) is 0.222. The quantitative estimate of drug-likeness (QED) is 0.777. The first-order valence-corrected chi connectivity index (χ1v) is 7.91. The monoisotopic (exact) mass is 341 g/mol. The Labute approximate surface area is 145 Å². The minimum atomic E-state index is -0.178. The highest BCUT2D eigenvalue weighted by atomic mass is 16.6. The van der Waals surface area contributed by atoms with Gasteiger partial charge in [0.2, 0.25) is 11.8 Å². The van der Waals surface area contributed by atoms with E-state index in [1.165, 1.54) is 6.92 Å². The van der Waals surface area contributed by atoms with Crippen molar-refractivity contribution in [2.75, 3.05) is 35.7 Å². The van der Waals surface area contributed by atoms with Crippen LogP contribution in [0, 0.1) is 0 Å². The second-order valence-corrected chi connectivity index (χ2v) is 5.52. The Hall–Kier alpha value is -3.22. The van der Waals surface area contributed by atoms with Crippen LogP contribution in [0.25, 0.3) is 0 Å². The van der Waals surface area contributed by atoms with Crippen LogP contribution in [0.5, 0.6) is 11.5 Å². The van der Waals surface area contributed by atoms with Crippen LogP contribution in [-0.2, 0) is 9.59 Å². The third-order valence-electron chi connectivity index (χ3n) is 3.48. The van der Waals surface area contributed by atoms with Crippen molar-refractivity contribution >= 4 is 28.9 Å². The van der Waals surface area contributed by atoms with E-state index in [2.05, 4.69) is 16.0 Å². The van der Waals surface area contributed by atoms with Crippen molar-refractivity contribution in [3.05, 3.63) is 42.5 Å². The van der Waals surface area contributed by atoms with Crippen LogP contribution in [0.3, 0.4) is 0 Å². The zero-order valence-corrected chi connectivity index (χ0v) is 13.8. The normalized spacial score (nSPS) is 12.2. The lowest BCUT2D eigenvalue weighted by molar-refractivity contribution is -0.115. The van der Waals surface area contributed by atoms with Crippen molar-refractivity contribution in [1.29, 1.82) is 0 Å². The Kier molecular flexibility index (Phi) is 5.03. The predicted octanol–water partition coefficient (Wildman–Crippen LogP) is 2.47. The first-order chi connectivity index (χ1) is 12.1. The van der Waals surface area contributed by atoms with E-state index in [-0.39, 0.29) is 18.4 Å². The summed E-state index contributed by atoms with van der Waals surface area (Å²) in [6.07, 6.45) is 0. The van der Waals surface area contributed by atoms with Crippen molar-refractivity contribution in [2.45, 2.75) is 6.92 Å². The van der Waals surface area contributed by atoms with Gasteiger partial charge < -0.3 is 25.4 Å². The lowest BCUT2D eigenvalue weighted by atomic mass is 10.2. The standard InChI is InChI=1S/C18H19N3O4/c1-12(22)20-14-4-2-13(3-5-14)19-11-18(23)21-15-6-7-16-17(10-15)25-9-8-24-16/h2-7,10,19H,8-9,11H2,1H3,(H,20,22)(H,21,23). The Balaban J connectivity index is 1.52. The fourth-order valence-electron chi connectivity index (χ4n) is 2.38. The van der Waals surface area contributed by atoms with E-state index < -0.39 is 0 Å². The number of fused-ring (bicyclic) bond motifs is 1. The summed E-state index contributed by atoms with van der Waals surface area (Å²) < 4.78 is 10.9. The van der Waals surface area contributed by atoms with Gasteiger partial charge in [-0.05, 0) is 36.4 Å². The van der Waals surface area contributed by atoms with Gasteiger partial charge in [-0.3, -0.25) is 9.59 Å². The van der Waals surface area contributed by atoms with Gasteiger partial charge >= 0.3 is 0 Å². The molecule has 2 aromatic rings. The summed E-state index contributed by atoms with van der Waals surface area (Å²) in [5.74, 6) is 1.01. The molecular weight excluding hydrogens is 322 g/mol. The van der Waals surface area contributed by atoms with Crippen molar-refractivity contribution < 1.29 is 19.1 Å². The van der Waals surface area contributed by atoms with E-state index in [0.29, 0.717) is 36.1 Å². The zero-order chi connectivity index (χ0) is 17.6. The van der Waals surface area contributed by atoms with Crippen LogP contribution in [0.15, 0.2) is 42.5 Å². The molecule has 25 heavy (non-hydrogen) atoms. The van der Waals surface area contributed by atoms with Gasteiger partial charge in [-0.1, -0.05) is 0 Å². The van der Waals surface area contributed by atoms with Gasteiger partial charge in [0.15, 0.2) is 11.5 Å². The lowest BCUT2D eigenvalue weighted by Crippen LogP contribution is -2.22. The average Bonchev–Trinajstić information content (AvgIpc) is 2.60. The van der Waals surface area contributed by atoms with E-state index in [9.17, 15) is 9.59 Å². The van der Waals surface area contributed by atoms with E-state index >= 15 is 0 Å². The second-order valence-electron chi connectivity index (χ2n) is 5.52. The second kappa shape index (κ2) is 7.57. The molecule has 7 nitrogen and oxygen atoms in total. The Bertz CT molecular complexity index is 774. The molecule has 0 saturated heterocycles. The van der Waals surface area contributed by atoms with E-state index in [0.717, 1.165) is 5.69 Å². The lowest BCUT2D eigenvalue weighted by Gasteiger charge is -2.19. The number of hydrogen-bond acceptors (Lipinski definition) is 5. The van der Waals surface area contributed by atoms with Crippen LogP contribution in [0.4, 0.5) is 17.1 Å². The molecule has 1 aliphatic rings. The van der Waals surface area contributed by atoms with Crippen molar-refractivity contribution in [3.8, 4) is 11.5 Å². The third kappa shape index (κ3) is 4.63. The molecule has 1 heterocycles. The van der Waals surface area contributed by atoms with Gasteiger partial charge in [0, 0.05) is 30.1 Å². The first-order valence-electron chi connectivity index (χ1n) is 7.91. The molecule has 0 unspecified atom stereocenters. The SMILES string of the molecule is CC(=O)Nc1ccc(NCC(=O)Nc2ccc3c(c2)OCCO3)cc1. The van der Waals surface area contributed by atoms with E-state index in [1.54, 1.807) is 42.5 Å². The molecule has 0 fully saturated rings. The summed E-state index contributed by atoms with van der Waals surface area (Å²) in [7, 11) is 0. The maximum atomic E-state index is 12.1. The zero-order valence-electron chi connectivity index (χ0n) is 13.8. The number of benzene rings is 2. The first kappa shape index (κ1) is 16.6. The van der Waals surface area contributed by atoms with Gasteiger partial charge in [0.25, 0.3) is 0 Å². The molecule has 3 N–H and O–H groups in total. The van der Waals surface area contributed by atoms with Crippen LogP contribution in [0.2, 0.25) is 0 Å². The summed E-state index contributed by atoms with van der Waals surface area (Å²) >= 11 is 0. The molecule has 0 spiro atoms. The Morgan fingerprint density at radius 3 is 2.24 bits per heavy atom. The molecule has 0 aromatic heterocycles. The number of hydrogen-bond donors (Lipinski definition) is 3. The van der Waals surface area contributed by atoms with E-state index in [1.807, 2.05) is 0 Å². The number of carbonyl (C=O) groups excluding carboxylic acids is 2. The van der Waals surface area contributed by atoms with Gasteiger partial charge in [-0.2, -0.15) is 0 Å². The highest BCUT2D eigenvalue weighted by Crippen LogP contribution is 2.32. The Morgan fingerprint density at radius 2 is 1.52 bits per heavy atom. The molecule has 0 saturated carbocycles. The summed E-state index contributed by atoms with van der Waals surface area (Å²) in [6, 6.07) is 12.4. The topological polar surface area (TPSA) is 88.7 Å². The average molecular weight is 341 g/mol. The molecule has 2 aromatic carbocycles. The summed E-state index contributed by atoms with van der Waals surface area (Å²) in [5, 5.41) is 8.52. The van der Waals surface area contributed by atoms with Crippen molar-refractivity contribution in [3.63, 3.8) is 0 Å². The summed E-state index contributed by atoms with van der Waals surface area (Å²) in [5.41, 5.74) is 2.14. The largest absolute Gasteiger partial charge is 0.486 e. The molecule has 0 bridgehead atoms. The molecule has 7 heteroatoms. The number of nitrogens with one attached hydrogen (secondary N) is 3. The fourth-order valence-corrected chi connectivity index (χ4v) is 2.38. The maximum absolute atomic E-state index is 12.1. The molecule has 0 radical (unpaired) electrons. The molecule has 3 rings (SSSR count). The summed E-state index contributed by atoms with van der Waals surface area (Å²) in [6.45, 7) is 2.60. The smallest absolute Gasteiger partial charge is 0.243 e. The van der Waals surface area contributed by atoms with Gasteiger partial charge in [0.1, 0.15) is 13.2 Å². The minimum Gasteiger partial charge on any atom is -0.486 e. The number of amides is 2. The van der Waals surface area contributed by atoms with Crippen LogP contribution in [-0.4, -0.2) is 31.6 Å². The molecule has 0 atom stereocenters.